The van der Waals surface area contributed by atoms with Crippen LogP contribution in [0.1, 0.15) is 38.3 Å². The molecule has 0 saturated carbocycles. The number of hydrogen-bond acceptors (Lipinski definition) is 8. The molecule has 10 heteroatoms. The van der Waals surface area contributed by atoms with Crippen molar-refractivity contribution in [2.45, 2.75) is 64.8 Å². The van der Waals surface area contributed by atoms with Crippen molar-refractivity contribution in [1.82, 2.24) is 5.32 Å². The molecular weight excluding hydrogens is 418 g/mol. The number of rotatable bonds is 7. The van der Waals surface area contributed by atoms with E-state index in [-0.39, 0.29) is 11.6 Å². The van der Waals surface area contributed by atoms with Gasteiger partial charge in [-0.1, -0.05) is 30.6 Å². The monoisotopic (exact) mass is 449 g/mol. The van der Waals surface area contributed by atoms with Crippen LogP contribution in [0.2, 0.25) is 0 Å². The average Bonchev–Trinajstić information content (AvgIpc) is 2.99. The lowest BCUT2D eigenvalue weighted by atomic mass is 9.97. The van der Waals surface area contributed by atoms with E-state index < -0.39 is 43.2 Å². The lowest BCUT2D eigenvalue weighted by Crippen LogP contribution is -2.64. The van der Waals surface area contributed by atoms with Crippen molar-refractivity contribution in [1.29, 1.82) is 0 Å². The Morgan fingerprint density at radius 1 is 1.31 bits per heavy atom. The number of aliphatic hydroxyl groups is 3. The number of aryl methyl sites for hydroxylation is 1. The Morgan fingerprint density at radius 2 is 2.03 bits per heavy atom. The molecule has 0 unspecified atom stereocenters. The van der Waals surface area contributed by atoms with E-state index in [2.05, 4.69) is 24.3 Å². The highest BCUT2D eigenvalue weighted by molar-refractivity contribution is 6.54. The van der Waals surface area contributed by atoms with E-state index in [0.29, 0.717) is 18.0 Å². The molecule has 32 heavy (non-hydrogen) atoms. The number of oxime groups is 1. The summed E-state index contributed by atoms with van der Waals surface area (Å²) in [5, 5.41) is 36.5. The summed E-state index contributed by atoms with van der Waals surface area (Å²) in [5.74, 6) is -0.393. The number of nitrogens with zero attached hydrogens (tertiary/aromatic N) is 2. The highest BCUT2D eigenvalue weighted by Gasteiger charge is 2.46. The standard InChI is InChI=1S/C22H31N3O7/c1-11(2)7-8-25-15-6-5-12(3)9-14(15)17(21(25)30)24-32-22-18(23-13(4)27)20(29)19(28)16(10-26)31-22/h5-6,9,11,16,18-20,22,26,28-29H,7-8,10H2,1-4H3,(H,23,27)/b24-17-/t16-,18+,19+,20+,22+/m1/s1. The minimum atomic E-state index is -1.47. The van der Waals surface area contributed by atoms with Gasteiger partial charge in [-0.15, -0.1) is 0 Å². The fraction of sp³-hybridized carbons (Fsp3) is 0.591. The van der Waals surface area contributed by atoms with E-state index >= 15 is 0 Å². The SMILES string of the molecule is CC(=O)N[C@@H]1[C@H](O/N=C2\C(=O)N(CCC(C)C)c3ccc(C)cc32)O[C@H](CO)[C@H](O)[C@H]1O. The molecule has 5 atom stereocenters. The van der Waals surface area contributed by atoms with Gasteiger partial charge in [-0.25, -0.2) is 0 Å². The number of benzene rings is 1. The molecule has 0 aromatic heterocycles. The second-order valence-electron chi connectivity index (χ2n) is 8.64. The largest absolute Gasteiger partial charge is 0.394 e. The normalized spacial score (nSPS) is 28.9. The third-order valence-electron chi connectivity index (χ3n) is 5.57. The molecule has 2 heterocycles. The maximum atomic E-state index is 13.1. The van der Waals surface area contributed by atoms with Crippen molar-refractivity contribution in [3.63, 3.8) is 0 Å². The molecule has 0 radical (unpaired) electrons. The van der Waals surface area contributed by atoms with Crippen molar-refractivity contribution in [2.24, 2.45) is 11.1 Å². The third-order valence-corrected chi connectivity index (χ3v) is 5.57. The van der Waals surface area contributed by atoms with Crippen LogP contribution in [0.4, 0.5) is 5.69 Å². The summed E-state index contributed by atoms with van der Waals surface area (Å²) in [5.41, 5.74) is 2.37. The quantitative estimate of drug-likeness (QED) is 0.431. The van der Waals surface area contributed by atoms with Gasteiger partial charge in [0.05, 0.1) is 12.3 Å². The maximum Gasteiger partial charge on any atom is 0.281 e. The minimum absolute atomic E-state index is 0.0822. The van der Waals surface area contributed by atoms with Crippen molar-refractivity contribution in [3.8, 4) is 0 Å². The van der Waals surface area contributed by atoms with Gasteiger partial charge < -0.3 is 35.1 Å². The zero-order chi connectivity index (χ0) is 23.6. The fourth-order valence-electron chi connectivity index (χ4n) is 3.79. The van der Waals surface area contributed by atoms with Crippen molar-refractivity contribution < 1.29 is 34.5 Å². The number of ether oxygens (including phenoxy) is 1. The molecular formula is C22H31N3O7. The van der Waals surface area contributed by atoms with Gasteiger partial charge in [0.2, 0.25) is 12.2 Å². The number of fused-ring (bicyclic) bond motifs is 1. The summed E-state index contributed by atoms with van der Waals surface area (Å²) in [4.78, 5) is 31.9. The second kappa shape index (κ2) is 9.95. The average molecular weight is 450 g/mol. The number of carbonyl (C=O) groups excluding carboxylic acids is 2. The first-order valence-corrected chi connectivity index (χ1v) is 10.7. The molecule has 0 spiro atoms. The first-order valence-electron chi connectivity index (χ1n) is 10.7. The van der Waals surface area contributed by atoms with E-state index in [1.165, 1.54) is 6.92 Å². The Balaban J connectivity index is 1.89. The Morgan fingerprint density at radius 3 is 2.66 bits per heavy atom. The highest BCUT2D eigenvalue weighted by Crippen LogP contribution is 2.31. The number of hydrogen-bond donors (Lipinski definition) is 4. The molecule has 1 aromatic rings. The van der Waals surface area contributed by atoms with Gasteiger partial charge in [-0.05, 0) is 31.4 Å². The predicted octanol–water partition coefficient (Wildman–Crippen LogP) is 0.0521. The van der Waals surface area contributed by atoms with E-state index in [0.717, 1.165) is 17.7 Å². The van der Waals surface area contributed by atoms with Gasteiger partial charge in [0, 0.05) is 19.0 Å². The van der Waals surface area contributed by atoms with Crippen LogP contribution < -0.4 is 10.2 Å². The molecule has 10 nitrogen and oxygen atoms in total. The zero-order valence-electron chi connectivity index (χ0n) is 18.7. The van der Waals surface area contributed by atoms with Crippen LogP contribution in [0, 0.1) is 12.8 Å². The first-order chi connectivity index (χ1) is 15.1. The van der Waals surface area contributed by atoms with Crippen LogP contribution >= 0.6 is 0 Å². The molecule has 1 aromatic carbocycles. The smallest absolute Gasteiger partial charge is 0.281 e. The van der Waals surface area contributed by atoms with Gasteiger partial charge in [-0.3, -0.25) is 9.59 Å². The van der Waals surface area contributed by atoms with Crippen LogP contribution in [-0.4, -0.2) is 76.6 Å². The van der Waals surface area contributed by atoms with Gasteiger partial charge in [-0.2, -0.15) is 0 Å². The molecule has 1 fully saturated rings. The van der Waals surface area contributed by atoms with Gasteiger partial charge >= 0.3 is 0 Å². The van der Waals surface area contributed by atoms with E-state index in [1.807, 2.05) is 25.1 Å². The third kappa shape index (κ3) is 4.93. The molecule has 0 bridgehead atoms. The van der Waals surface area contributed by atoms with Crippen molar-refractivity contribution in [2.75, 3.05) is 18.1 Å². The summed E-state index contributed by atoms with van der Waals surface area (Å²) < 4.78 is 5.52. The van der Waals surface area contributed by atoms with Crippen LogP contribution in [0.5, 0.6) is 0 Å². The number of nitrogens with one attached hydrogen (secondary N) is 1. The topological polar surface area (TPSA) is 141 Å². The lowest BCUT2D eigenvalue weighted by Gasteiger charge is -2.40. The minimum Gasteiger partial charge on any atom is -0.394 e. The summed E-state index contributed by atoms with van der Waals surface area (Å²) in [7, 11) is 0. The van der Waals surface area contributed by atoms with Crippen molar-refractivity contribution >= 4 is 23.2 Å². The summed E-state index contributed by atoms with van der Waals surface area (Å²) in [6.07, 6.45) is -4.56. The molecule has 4 N–H and O–H groups in total. The molecule has 176 valence electrons. The molecule has 2 aliphatic rings. The first kappa shape index (κ1) is 24.1. The van der Waals surface area contributed by atoms with Gasteiger partial charge in [0.1, 0.15) is 24.4 Å². The Bertz CT molecular complexity index is 888. The molecule has 2 amide bonds. The Kier molecular flexibility index (Phi) is 7.50. The van der Waals surface area contributed by atoms with E-state index in [4.69, 9.17) is 9.57 Å². The molecule has 2 aliphatic heterocycles. The summed E-state index contributed by atoms with van der Waals surface area (Å²) >= 11 is 0. The van der Waals surface area contributed by atoms with E-state index in [1.54, 1.807) is 4.90 Å². The van der Waals surface area contributed by atoms with Gasteiger partial charge in [0.15, 0.2) is 5.71 Å². The Hall–Kier alpha value is -2.53. The summed E-state index contributed by atoms with van der Waals surface area (Å²) in [6.45, 7) is 7.25. The van der Waals surface area contributed by atoms with Crippen LogP contribution in [-0.2, 0) is 19.2 Å². The zero-order valence-corrected chi connectivity index (χ0v) is 18.7. The maximum absolute atomic E-state index is 13.1. The number of aliphatic hydroxyl groups excluding tert-OH is 3. The summed E-state index contributed by atoms with van der Waals surface area (Å²) in [6, 6.07) is 4.47. The van der Waals surface area contributed by atoms with E-state index in [9.17, 15) is 24.9 Å². The molecule has 0 aliphatic carbocycles. The van der Waals surface area contributed by atoms with Crippen LogP contribution in [0.3, 0.4) is 0 Å². The fourth-order valence-corrected chi connectivity index (χ4v) is 3.79. The molecule has 3 rings (SSSR count). The molecule has 1 saturated heterocycles. The number of amides is 2. The number of carbonyl (C=O) groups is 2. The van der Waals surface area contributed by atoms with Gasteiger partial charge in [0.25, 0.3) is 5.91 Å². The number of anilines is 1. The Labute approximate surface area is 186 Å². The lowest BCUT2D eigenvalue weighted by molar-refractivity contribution is -0.270. The van der Waals surface area contributed by atoms with Crippen LogP contribution in [0.25, 0.3) is 0 Å². The van der Waals surface area contributed by atoms with Crippen LogP contribution in [0.15, 0.2) is 23.4 Å². The van der Waals surface area contributed by atoms with Crippen molar-refractivity contribution in [3.05, 3.63) is 29.3 Å². The second-order valence-corrected chi connectivity index (χ2v) is 8.64. The highest BCUT2D eigenvalue weighted by atomic mass is 16.8. The predicted molar refractivity (Wildman–Crippen MR) is 116 cm³/mol.